The molecule has 27 heavy (non-hydrogen) atoms. The molecule has 0 saturated carbocycles. The van der Waals surface area contributed by atoms with E-state index in [9.17, 15) is 9.18 Å². The Morgan fingerprint density at radius 1 is 1.26 bits per heavy atom. The van der Waals surface area contributed by atoms with Crippen molar-refractivity contribution >= 4 is 17.5 Å². The number of fused-ring (bicyclic) bond motifs is 1. The van der Waals surface area contributed by atoms with Crippen LogP contribution in [0.5, 0.6) is 17.2 Å². The van der Waals surface area contributed by atoms with Gasteiger partial charge >= 0.3 is 0 Å². The third kappa shape index (κ3) is 4.83. The molecule has 0 aromatic heterocycles. The molecule has 1 amide bonds. The van der Waals surface area contributed by atoms with Crippen molar-refractivity contribution in [1.82, 2.24) is 4.90 Å². The van der Waals surface area contributed by atoms with Gasteiger partial charge in [0.15, 0.2) is 11.5 Å². The monoisotopic (exact) mass is 393 g/mol. The first-order valence-corrected chi connectivity index (χ1v) is 9.19. The Balaban J connectivity index is 1.58. The molecule has 2 aromatic carbocycles. The molecule has 2 aromatic rings. The minimum Gasteiger partial charge on any atom is -0.491 e. The lowest BCUT2D eigenvalue weighted by atomic mass is 10.1. The summed E-state index contributed by atoms with van der Waals surface area (Å²) in [5, 5.41) is 0.183. The van der Waals surface area contributed by atoms with Gasteiger partial charge in [0.05, 0.1) is 18.1 Å². The molecule has 0 unspecified atom stereocenters. The highest BCUT2D eigenvalue weighted by atomic mass is 35.5. The van der Waals surface area contributed by atoms with Crippen LogP contribution in [-0.4, -0.2) is 37.2 Å². The number of para-hydroxylation sites is 1. The number of rotatable bonds is 7. The Morgan fingerprint density at radius 3 is 2.85 bits per heavy atom. The lowest BCUT2D eigenvalue weighted by molar-refractivity contribution is -0.132. The minimum atomic E-state index is -0.432. The molecule has 0 radical (unpaired) electrons. The summed E-state index contributed by atoms with van der Waals surface area (Å²) in [4.78, 5) is 14.3. The van der Waals surface area contributed by atoms with Crippen molar-refractivity contribution in [2.45, 2.75) is 19.9 Å². The number of hydrogen-bond acceptors (Lipinski definition) is 4. The predicted octanol–water partition coefficient (Wildman–Crippen LogP) is 4.07. The summed E-state index contributed by atoms with van der Waals surface area (Å²) in [5.41, 5.74) is 0.907. The van der Waals surface area contributed by atoms with E-state index < -0.39 is 5.82 Å². The van der Waals surface area contributed by atoms with E-state index in [1.54, 1.807) is 4.90 Å². The number of carbonyl (C=O) groups excluding carboxylic acids is 1. The number of benzene rings is 2. The van der Waals surface area contributed by atoms with E-state index in [4.69, 9.17) is 25.8 Å². The molecule has 0 spiro atoms. The van der Waals surface area contributed by atoms with Gasteiger partial charge < -0.3 is 19.1 Å². The quantitative estimate of drug-likeness (QED) is 0.711. The van der Waals surface area contributed by atoms with E-state index in [1.807, 2.05) is 25.1 Å². The van der Waals surface area contributed by atoms with Gasteiger partial charge in [-0.2, -0.15) is 0 Å². The van der Waals surface area contributed by atoms with Crippen molar-refractivity contribution in [1.29, 1.82) is 0 Å². The second-order valence-electron chi connectivity index (χ2n) is 6.02. The highest BCUT2D eigenvalue weighted by Gasteiger charge is 2.19. The van der Waals surface area contributed by atoms with Gasteiger partial charge in [0.1, 0.15) is 24.8 Å². The average molecular weight is 394 g/mol. The van der Waals surface area contributed by atoms with Crippen LogP contribution < -0.4 is 14.2 Å². The first kappa shape index (κ1) is 19.3. The van der Waals surface area contributed by atoms with Crippen molar-refractivity contribution in [3.05, 3.63) is 52.8 Å². The van der Waals surface area contributed by atoms with Crippen molar-refractivity contribution < 1.29 is 23.4 Å². The molecule has 7 heteroatoms. The molecule has 0 aliphatic carbocycles. The second-order valence-corrected chi connectivity index (χ2v) is 6.43. The predicted molar refractivity (Wildman–Crippen MR) is 100 cm³/mol. The number of halogens is 2. The van der Waals surface area contributed by atoms with Crippen LogP contribution in [0.4, 0.5) is 4.39 Å². The average Bonchev–Trinajstić information content (AvgIpc) is 2.67. The maximum absolute atomic E-state index is 13.1. The van der Waals surface area contributed by atoms with Gasteiger partial charge in [-0.25, -0.2) is 4.39 Å². The van der Waals surface area contributed by atoms with Crippen LogP contribution >= 0.6 is 11.6 Å². The SMILES string of the molecule is CCN(Cc1cccc2c1OCCO2)C(=O)CCOc1ccc(F)cc1Cl. The van der Waals surface area contributed by atoms with Gasteiger partial charge in [0.2, 0.25) is 5.91 Å². The topological polar surface area (TPSA) is 48.0 Å². The Morgan fingerprint density at radius 2 is 2.07 bits per heavy atom. The van der Waals surface area contributed by atoms with Crippen LogP contribution in [0.2, 0.25) is 5.02 Å². The molecule has 1 heterocycles. The summed E-state index contributed by atoms with van der Waals surface area (Å²) < 4.78 is 29.9. The molecule has 1 aliphatic heterocycles. The Hall–Kier alpha value is -2.47. The van der Waals surface area contributed by atoms with E-state index in [0.717, 1.165) is 5.56 Å². The zero-order valence-corrected chi connectivity index (χ0v) is 15.8. The minimum absolute atomic E-state index is 0.0509. The van der Waals surface area contributed by atoms with Gasteiger partial charge in [-0.1, -0.05) is 23.7 Å². The zero-order valence-electron chi connectivity index (χ0n) is 15.0. The van der Waals surface area contributed by atoms with E-state index in [1.165, 1.54) is 18.2 Å². The molecule has 0 saturated heterocycles. The molecule has 0 bridgehead atoms. The summed E-state index contributed by atoms with van der Waals surface area (Å²) in [6, 6.07) is 9.57. The molecular formula is C20H21ClFNO4. The Labute approximate surface area is 162 Å². The smallest absolute Gasteiger partial charge is 0.226 e. The number of nitrogens with zero attached hydrogens (tertiary/aromatic N) is 1. The first-order valence-electron chi connectivity index (χ1n) is 8.81. The molecule has 0 N–H and O–H groups in total. The van der Waals surface area contributed by atoms with Crippen LogP contribution in [-0.2, 0) is 11.3 Å². The van der Waals surface area contributed by atoms with E-state index >= 15 is 0 Å². The van der Waals surface area contributed by atoms with Crippen LogP contribution in [0.15, 0.2) is 36.4 Å². The maximum atomic E-state index is 13.1. The fourth-order valence-electron chi connectivity index (χ4n) is 2.84. The summed E-state index contributed by atoms with van der Waals surface area (Å²) >= 11 is 5.92. The van der Waals surface area contributed by atoms with Gasteiger partial charge in [0.25, 0.3) is 0 Å². The highest BCUT2D eigenvalue weighted by molar-refractivity contribution is 6.32. The van der Waals surface area contributed by atoms with Crippen LogP contribution in [0, 0.1) is 5.82 Å². The third-order valence-corrected chi connectivity index (χ3v) is 4.51. The molecule has 3 rings (SSSR count). The molecule has 144 valence electrons. The largest absolute Gasteiger partial charge is 0.491 e. The normalized spacial score (nSPS) is 12.6. The van der Waals surface area contributed by atoms with Gasteiger partial charge in [-0.05, 0) is 31.2 Å². The van der Waals surface area contributed by atoms with Gasteiger partial charge in [0, 0.05) is 18.7 Å². The highest BCUT2D eigenvalue weighted by Crippen LogP contribution is 2.34. The second kappa shape index (κ2) is 8.95. The summed E-state index contributed by atoms with van der Waals surface area (Å²) in [7, 11) is 0. The Bertz CT molecular complexity index is 815. The Kier molecular flexibility index (Phi) is 6.40. The summed E-state index contributed by atoms with van der Waals surface area (Å²) in [6.45, 7) is 4.09. The molecular weight excluding hydrogens is 373 g/mol. The summed E-state index contributed by atoms with van der Waals surface area (Å²) in [5.74, 6) is 1.28. The van der Waals surface area contributed by atoms with Crippen molar-refractivity contribution in [3.63, 3.8) is 0 Å². The zero-order chi connectivity index (χ0) is 19.2. The van der Waals surface area contributed by atoms with Crippen molar-refractivity contribution in [2.75, 3.05) is 26.4 Å². The first-order chi connectivity index (χ1) is 13.1. The number of hydrogen-bond donors (Lipinski definition) is 0. The van der Waals surface area contributed by atoms with E-state index in [0.29, 0.717) is 43.6 Å². The fraction of sp³-hybridized carbons (Fsp3) is 0.350. The maximum Gasteiger partial charge on any atom is 0.226 e. The molecule has 0 fully saturated rings. The number of amides is 1. The van der Waals surface area contributed by atoms with E-state index in [2.05, 4.69) is 0 Å². The molecule has 0 atom stereocenters. The van der Waals surface area contributed by atoms with Gasteiger partial charge in [-0.15, -0.1) is 0 Å². The van der Waals surface area contributed by atoms with E-state index in [-0.39, 0.29) is 24.0 Å². The molecule has 1 aliphatic rings. The van der Waals surface area contributed by atoms with Crippen LogP contribution in [0.1, 0.15) is 18.9 Å². The molecule has 5 nitrogen and oxygen atoms in total. The lowest BCUT2D eigenvalue weighted by Gasteiger charge is -2.25. The standard InChI is InChI=1S/C20H21ClFNO4/c1-2-23(13-14-4-3-5-18-20(14)27-11-10-26-18)19(24)8-9-25-17-7-6-15(22)12-16(17)21/h3-7,12H,2,8-11,13H2,1H3. The lowest BCUT2D eigenvalue weighted by Crippen LogP contribution is -2.31. The van der Waals surface area contributed by atoms with Crippen LogP contribution in [0.25, 0.3) is 0 Å². The van der Waals surface area contributed by atoms with Crippen molar-refractivity contribution in [2.24, 2.45) is 0 Å². The number of ether oxygens (including phenoxy) is 3. The fourth-order valence-corrected chi connectivity index (χ4v) is 3.06. The third-order valence-electron chi connectivity index (χ3n) is 4.21. The van der Waals surface area contributed by atoms with Crippen LogP contribution in [0.3, 0.4) is 0 Å². The number of carbonyl (C=O) groups is 1. The van der Waals surface area contributed by atoms with Crippen molar-refractivity contribution in [3.8, 4) is 17.2 Å². The van der Waals surface area contributed by atoms with Gasteiger partial charge in [-0.3, -0.25) is 4.79 Å². The summed E-state index contributed by atoms with van der Waals surface area (Å²) in [6.07, 6.45) is 0.188.